The number of nitrogens with zero attached hydrogens (tertiary/aromatic N) is 2. The summed E-state index contributed by atoms with van der Waals surface area (Å²) in [6.07, 6.45) is 2.33. The Bertz CT molecular complexity index is 710. The van der Waals surface area contributed by atoms with Gasteiger partial charge < -0.3 is 14.8 Å². The number of benzene rings is 1. The number of anilines is 2. The quantitative estimate of drug-likeness (QED) is 0.185. The van der Waals surface area contributed by atoms with Crippen molar-refractivity contribution in [1.82, 2.24) is 9.97 Å². The van der Waals surface area contributed by atoms with Gasteiger partial charge in [0.2, 0.25) is 0 Å². The number of hydrogen-bond acceptors (Lipinski definition) is 7. The molecule has 0 atom stereocenters. The largest absolute Gasteiger partial charge is 0.494 e. The molecule has 2 N–H and O–H groups in total. The third-order valence-corrected chi connectivity index (χ3v) is 5.13. The van der Waals surface area contributed by atoms with Gasteiger partial charge in [0.05, 0.1) is 6.61 Å². The van der Waals surface area contributed by atoms with E-state index in [1.807, 2.05) is 44.2 Å². The first kappa shape index (κ1) is 20.8. The molecule has 2 aromatic rings. The van der Waals surface area contributed by atoms with Gasteiger partial charge in [-0.25, -0.2) is 9.97 Å². The van der Waals surface area contributed by atoms with Gasteiger partial charge in [-0.3, -0.25) is 0 Å². The van der Waals surface area contributed by atoms with Crippen molar-refractivity contribution in [2.75, 3.05) is 22.4 Å². The normalized spacial score (nSPS) is 10.4. The summed E-state index contributed by atoms with van der Waals surface area (Å²) < 4.78 is 9.25. The van der Waals surface area contributed by atoms with E-state index in [0.717, 1.165) is 40.3 Å². The lowest BCUT2D eigenvalue weighted by molar-refractivity contribution is 0.340. The Morgan fingerprint density at radius 1 is 1.19 bits per heavy atom. The molecule has 2 rings (SSSR count). The Morgan fingerprint density at radius 2 is 1.96 bits per heavy atom. The van der Waals surface area contributed by atoms with Gasteiger partial charge in [-0.05, 0) is 44.5 Å². The topological polar surface area (TPSA) is 59.1 Å². The van der Waals surface area contributed by atoms with E-state index in [1.165, 1.54) is 18.4 Å². The summed E-state index contributed by atoms with van der Waals surface area (Å²) in [5, 5.41) is 3.94. The summed E-state index contributed by atoms with van der Waals surface area (Å²) >= 11 is 8.41. The predicted molar refractivity (Wildman–Crippen MR) is 117 cm³/mol. The zero-order valence-corrected chi connectivity index (χ0v) is 17.7. The lowest BCUT2D eigenvalue weighted by Gasteiger charge is -2.10. The zero-order valence-electron chi connectivity index (χ0n) is 15.2. The van der Waals surface area contributed by atoms with Crippen molar-refractivity contribution in [3.8, 4) is 5.75 Å². The van der Waals surface area contributed by atoms with Crippen LogP contribution in [0, 0.1) is 6.92 Å². The Kier molecular flexibility index (Phi) is 9.00. The Balaban J connectivity index is 1.86. The highest BCUT2D eigenvalue weighted by molar-refractivity contribution is 8.24. The molecule has 0 amide bonds. The van der Waals surface area contributed by atoms with E-state index in [-0.39, 0.29) is 0 Å². The molecule has 0 fully saturated rings. The van der Waals surface area contributed by atoms with Crippen LogP contribution in [-0.4, -0.2) is 26.6 Å². The highest BCUT2D eigenvalue weighted by atomic mass is 32.2. The molecular formula is C18H24N4OS3. The number of aryl methyl sites for hydroxylation is 1. The van der Waals surface area contributed by atoms with E-state index >= 15 is 0 Å². The third kappa shape index (κ3) is 7.39. The molecule has 1 aromatic carbocycles. The summed E-state index contributed by atoms with van der Waals surface area (Å²) in [5.41, 5.74) is 1.88. The minimum Gasteiger partial charge on any atom is -0.494 e. The molecular weight excluding hydrogens is 384 g/mol. The SMILES string of the molecule is CCCCSc1nc(C)cc(NC(=S)SNc2ccc(OCC)cc2)n1. The van der Waals surface area contributed by atoms with Gasteiger partial charge >= 0.3 is 0 Å². The van der Waals surface area contributed by atoms with Crippen LogP contribution in [0.4, 0.5) is 11.5 Å². The molecule has 0 aliphatic rings. The van der Waals surface area contributed by atoms with Gasteiger partial charge in [-0.2, -0.15) is 0 Å². The molecule has 1 aromatic heterocycles. The summed E-state index contributed by atoms with van der Waals surface area (Å²) in [4.78, 5) is 8.99. The molecule has 5 nitrogen and oxygen atoms in total. The van der Waals surface area contributed by atoms with Crippen molar-refractivity contribution in [3.63, 3.8) is 0 Å². The van der Waals surface area contributed by atoms with Gasteiger partial charge in [0.25, 0.3) is 0 Å². The van der Waals surface area contributed by atoms with Gasteiger partial charge in [0.15, 0.2) is 9.48 Å². The van der Waals surface area contributed by atoms with Crippen molar-refractivity contribution >= 4 is 51.8 Å². The second-order valence-corrected chi connectivity index (χ2v) is 8.00. The molecule has 0 bridgehead atoms. The van der Waals surface area contributed by atoms with Crippen molar-refractivity contribution in [3.05, 3.63) is 36.0 Å². The number of thiocarbonyl (C=S) groups is 1. The molecule has 0 aliphatic carbocycles. The van der Waals surface area contributed by atoms with Gasteiger partial charge in [0.1, 0.15) is 11.6 Å². The Morgan fingerprint density at radius 3 is 2.65 bits per heavy atom. The average Bonchev–Trinajstić information content (AvgIpc) is 2.61. The maximum absolute atomic E-state index is 5.43. The predicted octanol–water partition coefficient (Wildman–Crippen LogP) is 5.53. The number of thioether (sulfide) groups is 1. The molecule has 8 heteroatoms. The van der Waals surface area contributed by atoms with Crippen LogP contribution in [-0.2, 0) is 0 Å². The van der Waals surface area contributed by atoms with E-state index in [1.54, 1.807) is 11.8 Å². The van der Waals surface area contributed by atoms with Crippen molar-refractivity contribution in [2.45, 2.75) is 38.8 Å². The van der Waals surface area contributed by atoms with Crippen molar-refractivity contribution in [1.29, 1.82) is 0 Å². The van der Waals surface area contributed by atoms with E-state index in [0.29, 0.717) is 10.9 Å². The monoisotopic (exact) mass is 408 g/mol. The molecule has 0 saturated heterocycles. The van der Waals surface area contributed by atoms with Crippen molar-refractivity contribution in [2.24, 2.45) is 0 Å². The number of hydrogen-bond donors (Lipinski definition) is 2. The lowest BCUT2D eigenvalue weighted by atomic mass is 10.3. The maximum Gasteiger partial charge on any atom is 0.189 e. The number of unbranched alkanes of at least 4 members (excludes halogenated alkanes) is 1. The number of ether oxygens (including phenoxy) is 1. The molecule has 0 spiro atoms. The molecule has 0 aliphatic heterocycles. The smallest absolute Gasteiger partial charge is 0.189 e. The minimum absolute atomic E-state index is 0.599. The molecule has 0 saturated carbocycles. The second kappa shape index (κ2) is 11.3. The van der Waals surface area contributed by atoms with Crippen LogP contribution < -0.4 is 14.8 Å². The molecule has 0 radical (unpaired) electrons. The van der Waals surface area contributed by atoms with Crippen LogP contribution >= 0.6 is 35.9 Å². The highest BCUT2D eigenvalue weighted by Gasteiger charge is 2.06. The first-order valence-corrected chi connectivity index (χ1v) is 10.8. The number of rotatable bonds is 9. The Hall–Kier alpha value is -1.51. The molecule has 26 heavy (non-hydrogen) atoms. The molecule has 140 valence electrons. The Labute approximate surface area is 169 Å². The van der Waals surface area contributed by atoms with Crippen LogP contribution in [0.5, 0.6) is 5.75 Å². The first-order chi connectivity index (χ1) is 12.6. The summed E-state index contributed by atoms with van der Waals surface area (Å²) in [5.74, 6) is 2.61. The fourth-order valence-corrected chi connectivity index (χ4v) is 3.72. The fraction of sp³-hybridized carbons (Fsp3) is 0.389. The highest BCUT2D eigenvalue weighted by Crippen LogP contribution is 2.21. The van der Waals surface area contributed by atoms with Gasteiger partial charge in [-0.1, -0.05) is 37.3 Å². The summed E-state index contributed by atoms with van der Waals surface area (Å²) in [6, 6.07) is 9.66. The van der Waals surface area contributed by atoms with E-state index < -0.39 is 0 Å². The molecule has 1 heterocycles. The van der Waals surface area contributed by atoms with Crippen LogP contribution in [0.3, 0.4) is 0 Å². The third-order valence-electron chi connectivity index (χ3n) is 3.22. The fourth-order valence-electron chi connectivity index (χ4n) is 2.00. The van der Waals surface area contributed by atoms with Crippen LogP contribution in [0.25, 0.3) is 0 Å². The average molecular weight is 409 g/mol. The van der Waals surface area contributed by atoms with Crippen molar-refractivity contribution < 1.29 is 4.74 Å². The van der Waals surface area contributed by atoms with E-state index in [2.05, 4.69) is 26.9 Å². The summed E-state index contributed by atoms with van der Waals surface area (Å²) in [6.45, 7) is 6.77. The van der Waals surface area contributed by atoms with Gasteiger partial charge in [0, 0.05) is 35.1 Å². The zero-order chi connectivity index (χ0) is 18.8. The summed E-state index contributed by atoms with van der Waals surface area (Å²) in [7, 11) is 0. The van der Waals surface area contributed by atoms with Crippen LogP contribution in [0.1, 0.15) is 32.4 Å². The second-order valence-electron chi connectivity index (χ2n) is 5.45. The number of aromatic nitrogens is 2. The van der Waals surface area contributed by atoms with E-state index in [4.69, 9.17) is 17.0 Å². The first-order valence-electron chi connectivity index (χ1n) is 8.56. The molecule has 0 unspecified atom stereocenters. The van der Waals surface area contributed by atoms with Gasteiger partial charge in [-0.15, -0.1) is 0 Å². The van der Waals surface area contributed by atoms with Crippen LogP contribution in [0.2, 0.25) is 0 Å². The minimum atomic E-state index is 0.599. The maximum atomic E-state index is 5.43. The number of nitrogens with one attached hydrogen (secondary N) is 2. The lowest BCUT2D eigenvalue weighted by Crippen LogP contribution is -2.10. The van der Waals surface area contributed by atoms with Crippen LogP contribution in [0.15, 0.2) is 35.5 Å². The van der Waals surface area contributed by atoms with E-state index in [9.17, 15) is 0 Å². The standard InChI is InChI=1S/C18H24N4OS3/c1-4-6-11-25-17-19-13(3)12-16(20-17)21-18(24)26-22-14-7-9-15(10-8-14)23-5-2/h7-10,12,22H,4-6,11H2,1-3H3,(H,19,20,21,24).